The molecule has 27 heavy (non-hydrogen) atoms. The first kappa shape index (κ1) is 18.2. The highest BCUT2D eigenvalue weighted by Crippen LogP contribution is 2.35. The standard InChI is InChI=1S/C21H20Cl2N2O2/c1-27-14-5-6-19-16(11-14)17(12-24-19)13-7-9-25(10-8-13)21(26)15-3-2-4-18(22)20(15)23/h2-6,11-13,24H,7-10H2,1H3. The van der Waals surface area contributed by atoms with E-state index in [0.717, 1.165) is 24.1 Å². The molecule has 6 heteroatoms. The maximum absolute atomic E-state index is 12.8. The lowest BCUT2D eigenvalue weighted by Gasteiger charge is -2.32. The normalized spacial score (nSPS) is 15.3. The van der Waals surface area contributed by atoms with Crippen molar-refractivity contribution in [3.8, 4) is 5.75 Å². The Labute approximate surface area is 168 Å². The van der Waals surface area contributed by atoms with Crippen molar-refractivity contribution < 1.29 is 9.53 Å². The molecule has 0 atom stereocenters. The first-order valence-electron chi connectivity index (χ1n) is 8.97. The maximum Gasteiger partial charge on any atom is 0.255 e. The molecule has 4 nitrogen and oxygen atoms in total. The summed E-state index contributed by atoms with van der Waals surface area (Å²) in [6.07, 6.45) is 3.91. The number of benzene rings is 2. The zero-order valence-electron chi connectivity index (χ0n) is 15.0. The Balaban J connectivity index is 1.51. The van der Waals surface area contributed by atoms with Gasteiger partial charge in [0, 0.05) is 30.2 Å². The van der Waals surface area contributed by atoms with E-state index in [1.54, 1.807) is 25.3 Å². The summed E-state index contributed by atoms with van der Waals surface area (Å²) < 4.78 is 5.36. The lowest BCUT2D eigenvalue weighted by atomic mass is 9.89. The van der Waals surface area contributed by atoms with Gasteiger partial charge in [-0.2, -0.15) is 0 Å². The molecular weight excluding hydrogens is 383 g/mol. The van der Waals surface area contributed by atoms with Crippen LogP contribution in [0.4, 0.5) is 0 Å². The predicted molar refractivity (Wildman–Crippen MR) is 109 cm³/mol. The van der Waals surface area contributed by atoms with Crippen molar-refractivity contribution in [3.63, 3.8) is 0 Å². The van der Waals surface area contributed by atoms with Gasteiger partial charge in [0.25, 0.3) is 5.91 Å². The lowest BCUT2D eigenvalue weighted by molar-refractivity contribution is 0.0713. The summed E-state index contributed by atoms with van der Waals surface area (Å²) in [4.78, 5) is 18.0. The number of H-pyrrole nitrogens is 1. The molecule has 0 saturated carbocycles. The minimum atomic E-state index is -0.0541. The quantitative estimate of drug-likeness (QED) is 0.628. The molecule has 4 rings (SSSR count). The number of methoxy groups -OCH3 is 1. The lowest BCUT2D eigenvalue weighted by Crippen LogP contribution is -2.38. The van der Waals surface area contributed by atoms with Crippen LogP contribution < -0.4 is 4.74 Å². The highest BCUT2D eigenvalue weighted by Gasteiger charge is 2.27. The molecule has 0 aliphatic carbocycles. The third kappa shape index (κ3) is 3.40. The molecule has 1 N–H and O–H groups in total. The summed E-state index contributed by atoms with van der Waals surface area (Å²) in [6.45, 7) is 1.39. The fraction of sp³-hybridized carbons (Fsp3) is 0.286. The zero-order valence-corrected chi connectivity index (χ0v) is 16.5. The predicted octanol–water partition coefficient (Wildman–Crippen LogP) is 5.50. The van der Waals surface area contributed by atoms with Gasteiger partial charge < -0.3 is 14.6 Å². The fourth-order valence-electron chi connectivity index (χ4n) is 3.82. The minimum Gasteiger partial charge on any atom is -0.497 e. The van der Waals surface area contributed by atoms with Crippen molar-refractivity contribution in [2.45, 2.75) is 18.8 Å². The van der Waals surface area contributed by atoms with Crippen molar-refractivity contribution in [2.75, 3.05) is 20.2 Å². The second-order valence-electron chi connectivity index (χ2n) is 6.82. The summed E-state index contributed by atoms with van der Waals surface area (Å²) in [6, 6.07) is 11.3. The molecular formula is C21H20Cl2N2O2. The van der Waals surface area contributed by atoms with E-state index < -0.39 is 0 Å². The summed E-state index contributed by atoms with van der Waals surface area (Å²) in [5, 5.41) is 1.93. The van der Waals surface area contributed by atoms with Gasteiger partial charge in [0.05, 0.1) is 22.7 Å². The Bertz CT molecular complexity index is 991. The summed E-state index contributed by atoms with van der Waals surface area (Å²) >= 11 is 12.3. The van der Waals surface area contributed by atoms with Crippen LogP contribution in [-0.4, -0.2) is 36.0 Å². The summed E-state index contributed by atoms with van der Waals surface area (Å²) in [7, 11) is 1.68. The van der Waals surface area contributed by atoms with Crippen LogP contribution in [0.25, 0.3) is 10.9 Å². The molecule has 0 radical (unpaired) electrons. The topological polar surface area (TPSA) is 45.3 Å². The summed E-state index contributed by atoms with van der Waals surface area (Å²) in [5.41, 5.74) is 2.87. The highest BCUT2D eigenvalue weighted by atomic mass is 35.5. The molecule has 1 aromatic heterocycles. The zero-order chi connectivity index (χ0) is 19.0. The van der Waals surface area contributed by atoms with Gasteiger partial charge in [0.15, 0.2) is 0 Å². The van der Waals surface area contributed by atoms with E-state index in [0.29, 0.717) is 34.6 Å². The number of nitrogens with zero attached hydrogens (tertiary/aromatic N) is 1. The molecule has 0 unspecified atom stereocenters. The number of aromatic amines is 1. The monoisotopic (exact) mass is 402 g/mol. The number of piperidine rings is 1. The third-order valence-electron chi connectivity index (χ3n) is 5.32. The Morgan fingerprint density at radius 2 is 1.96 bits per heavy atom. The number of fused-ring (bicyclic) bond motifs is 1. The number of ether oxygens (including phenoxy) is 1. The Kier molecular flexibility index (Phi) is 5.02. The van der Waals surface area contributed by atoms with Gasteiger partial charge in [-0.3, -0.25) is 4.79 Å². The average molecular weight is 403 g/mol. The number of carbonyl (C=O) groups excluding carboxylic acids is 1. The van der Waals surface area contributed by atoms with Crippen molar-refractivity contribution in [2.24, 2.45) is 0 Å². The minimum absolute atomic E-state index is 0.0541. The van der Waals surface area contributed by atoms with Crippen LogP contribution in [0, 0.1) is 0 Å². The smallest absolute Gasteiger partial charge is 0.255 e. The average Bonchev–Trinajstić information content (AvgIpc) is 3.12. The van der Waals surface area contributed by atoms with E-state index in [2.05, 4.69) is 17.2 Å². The number of nitrogens with one attached hydrogen (secondary N) is 1. The van der Waals surface area contributed by atoms with Gasteiger partial charge in [0.2, 0.25) is 0 Å². The van der Waals surface area contributed by atoms with Crippen molar-refractivity contribution in [1.29, 1.82) is 0 Å². The van der Waals surface area contributed by atoms with Crippen LogP contribution in [0.2, 0.25) is 10.0 Å². The van der Waals surface area contributed by atoms with Crippen molar-refractivity contribution in [3.05, 3.63) is 63.8 Å². The van der Waals surface area contributed by atoms with Gasteiger partial charge in [-0.15, -0.1) is 0 Å². The second kappa shape index (κ2) is 7.45. The maximum atomic E-state index is 12.8. The van der Waals surface area contributed by atoms with Crippen LogP contribution in [0.1, 0.15) is 34.7 Å². The number of carbonyl (C=O) groups is 1. The van der Waals surface area contributed by atoms with E-state index in [1.807, 2.05) is 17.0 Å². The molecule has 1 aliphatic heterocycles. The van der Waals surface area contributed by atoms with Crippen LogP contribution >= 0.6 is 23.2 Å². The van der Waals surface area contributed by atoms with Crippen LogP contribution in [0.5, 0.6) is 5.75 Å². The van der Waals surface area contributed by atoms with Gasteiger partial charge in [0.1, 0.15) is 5.75 Å². The van der Waals surface area contributed by atoms with Gasteiger partial charge in [-0.05, 0) is 54.7 Å². The van der Waals surface area contributed by atoms with Crippen molar-refractivity contribution >= 4 is 40.0 Å². The number of halogens is 2. The molecule has 0 spiro atoms. The third-order valence-corrected chi connectivity index (χ3v) is 6.14. The van der Waals surface area contributed by atoms with E-state index >= 15 is 0 Å². The number of hydrogen-bond donors (Lipinski definition) is 1. The second-order valence-corrected chi connectivity index (χ2v) is 7.61. The van der Waals surface area contributed by atoms with E-state index in [1.165, 1.54) is 10.9 Å². The van der Waals surface area contributed by atoms with Crippen LogP contribution in [0.3, 0.4) is 0 Å². The highest BCUT2D eigenvalue weighted by molar-refractivity contribution is 6.43. The first-order chi connectivity index (χ1) is 13.1. The van der Waals surface area contributed by atoms with E-state index in [4.69, 9.17) is 27.9 Å². The number of hydrogen-bond acceptors (Lipinski definition) is 2. The number of likely N-dealkylation sites (tertiary alicyclic amines) is 1. The molecule has 3 aromatic rings. The molecule has 0 bridgehead atoms. The Hall–Kier alpha value is -2.17. The van der Waals surface area contributed by atoms with Crippen molar-refractivity contribution in [1.82, 2.24) is 9.88 Å². The van der Waals surface area contributed by atoms with Gasteiger partial charge in [-0.1, -0.05) is 29.3 Å². The number of aromatic nitrogens is 1. The number of amides is 1. The molecule has 1 amide bonds. The molecule has 1 saturated heterocycles. The van der Waals surface area contributed by atoms with Gasteiger partial charge in [-0.25, -0.2) is 0 Å². The van der Waals surface area contributed by atoms with Crippen LogP contribution in [0.15, 0.2) is 42.6 Å². The van der Waals surface area contributed by atoms with E-state index in [9.17, 15) is 4.79 Å². The summed E-state index contributed by atoms with van der Waals surface area (Å²) in [5.74, 6) is 1.21. The Morgan fingerprint density at radius 1 is 1.19 bits per heavy atom. The SMILES string of the molecule is COc1ccc2[nH]cc(C3CCN(C(=O)c4cccc(Cl)c4Cl)CC3)c2c1. The largest absolute Gasteiger partial charge is 0.497 e. The molecule has 1 aliphatic rings. The Morgan fingerprint density at radius 3 is 2.70 bits per heavy atom. The van der Waals surface area contributed by atoms with Crippen LogP contribution in [-0.2, 0) is 0 Å². The molecule has 2 aromatic carbocycles. The molecule has 2 heterocycles. The fourth-order valence-corrected chi connectivity index (χ4v) is 4.20. The number of rotatable bonds is 3. The molecule has 1 fully saturated rings. The first-order valence-corrected chi connectivity index (χ1v) is 9.72. The van der Waals surface area contributed by atoms with Gasteiger partial charge >= 0.3 is 0 Å². The van der Waals surface area contributed by atoms with E-state index in [-0.39, 0.29) is 5.91 Å². The molecule has 140 valence electrons.